The molecule has 1 aliphatic rings. The second kappa shape index (κ2) is 5.95. The molecule has 1 saturated carbocycles. The molecule has 0 saturated heterocycles. The zero-order valence-corrected chi connectivity index (χ0v) is 13.3. The van der Waals surface area contributed by atoms with Crippen LogP contribution >= 0.6 is 22.9 Å². The van der Waals surface area contributed by atoms with E-state index in [1.807, 2.05) is 0 Å². The summed E-state index contributed by atoms with van der Waals surface area (Å²) in [6.45, 7) is 0. The van der Waals surface area contributed by atoms with Crippen LogP contribution in [0.15, 0.2) is 6.20 Å². The van der Waals surface area contributed by atoms with Crippen molar-refractivity contribution in [1.82, 2.24) is 15.0 Å². The molecule has 10 heteroatoms. The molecule has 0 radical (unpaired) electrons. The van der Waals surface area contributed by atoms with Crippen LogP contribution in [0, 0.1) is 5.82 Å². The molecule has 4 nitrogen and oxygen atoms in total. The molecule has 0 aliphatic heterocycles. The summed E-state index contributed by atoms with van der Waals surface area (Å²) in [4.78, 5) is 10.3. The predicted molar refractivity (Wildman–Crippen MR) is 75.9 cm³/mol. The summed E-state index contributed by atoms with van der Waals surface area (Å²) in [5.41, 5.74) is -1.63. The number of nitrogens with zero attached hydrogens (tertiary/aromatic N) is 3. The van der Waals surface area contributed by atoms with E-state index < -0.39 is 23.4 Å². The smallest absolute Gasteiger partial charge is 0.381 e. The Kier molecular flexibility index (Phi) is 4.28. The van der Waals surface area contributed by atoms with Crippen molar-refractivity contribution < 1.29 is 22.3 Å². The van der Waals surface area contributed by atoms with Crippen molar-refractivity contribution in [3.63, 3.8) is 0 Å². The lowest BCUT2D eigenvalue weighted by molar-refractivity contribution is -0.140. The fourth-order valence-corrected chi connectivity index (χ4v) is 3.66. The first-order valence-corrected chi connectivity index (χ1v) is 7.78. The van der Waals surface area contributed by atoms with E-state index in [0.717, 1.165) is 17.5 Å². The highest BCUT2D eigenvalue weighted by Crippen LogP contribution is 2.46. The van der Waals surface area contributed by atoms with Gasteiger partial charge in [-0.15, -0.1) is 11.3 Å². The van der Waals surface area contributed by atoms with Gasteiger partial charge in [-0.2, -0.15) is 13.2 Å². The quantitative estimate of drug-likeness (QED) is 0.599. The molecule has 1 fully saturated rings. The van der Waals surface area contributed by atoms with Crippen molar-refractivity contribution >= 4 is 22.9 Å². The second-order valence-electron chi connectivity index (χ2n) is 5.09. The number of hydrogen-bond acceptors (Lipinski definition) is 5. The van der Waals surface area contributed by atoms with Crippen LogP contribution in [0.5, 0.6) is 0 Å². The SMILES string of the molecule is COC1CC(c2nc(C(F)(F)F)c(-c3nc(Cl)ncc3F)s2)C1. The van der Waals surface area contributed by atoms with E-state index in [4.69, 9.17) is 16.3 Å². The van der Waals surface area contributed by atoms with Crippen LogP contribution in [0.2, 0.25) is 5.28 Å². The minimum absolute atomic E-state index is 0.0203. The number of thiazole rings is 1. The van der Waals surface area contributed by atoms with Gasteiger partial charge < -0.3 is 4.74 Å². The highest BCUT2D eigenvalue weighted by molar-refractivity contribution is 7.15. The number of methoxy groups -OCH3 is 1. The van der Waals surface area contributed by atoms with Crippen LogP contribution in [0.3, 0.4) is 0 Å². The molecule has 0 spiro atoms. The van der Waals surface area contributed by atoms with Gasteiger partial charge >= 0.3 is 6.18 Å². The topological polar surface area (TPSA) is 47.9 Å². The van der Waals surface area contributed by atoms with Gasteiger partial charge in [0.05, 0.1) is 22.2 Å². The molecule has 0 amide bonds. The van der Waals surface area contributed by atoms with Gasteiger partial charge in [0.15, 0.2) is 11.5 Å². The Labute approximate surface area is 137 Å². The highest BCUT2D eigenvalue weighted by atomic mass is 35.5. The van der Waals surface area contributed by atoms with Gasteiger partial charge in [0.25, 0.3) is 0 Å². The average molecular weight is 368 g/mol. The second-order valence-corrected chi connectivity index (χ2v) is 6.46. The number of hydrogen-bond donors (Lipinski definition) is 0. The summed E-state index contributed by atoms with van der Waals surface area (Å²) in [7, 11) is 1.55. The number of ether oxygens (including phenoxy) is 1. The zero-order valence-electron chi connectivity index (χ0n) is 11.7. The van der Waals surface area contributed by atoms with Crippen molar-refractivity contribution in [1.29, 1.82) is 0 Å². The fraction of sp³-hybridized carbons (Fsp3) is 0.462. The molecular weight excluding hydrogens is 358 g/mol. The first kappa shape index (κ1) is 16.5. The van der Waals surface area contributed by atoms with Crippen LogP contribution < -0.4 is 0 Å². The van der Waals surface area contributed by atoms with E-state index in [2.05, 4.69) is 15.0 Å². The van der Waals surface area contributed by atoms with Crippen LogP contribution in [0.4, 0.5) is 17.6 Å². The Bertz CT molecular complexity index is 730. The average Bonchev–Trinajstić information content (AvgIpc) is 2.85. The van der Waals surface area contributed by atoms with E-state index in [1.54, 1.807) is 7.11 Å². The molecule has 0 aromatic carbocycles. The van der Waals surface area contributed by atoms with Gasteiger partial charge in [-0.3, -0.25) is 0 Å². The molecule has 0 atom stereocenters. The summed E-state index contributed by atoms with van der Waals surface area (Å²) in [5, 5.41) is -0.0256. The molecular formula is C13H10ClF4N3OS. The number of aromatic nitrogens is 3. The summed E-state index contributed by atoms with van der Waals surface area (Å²) < 4.78 is 58.7. The predicted octanol–water partition coefficient (Wildman–Crippen LogP) is 4.30. The van der Waals surface area contributed by atoms with E-state index in [9.17, 15) is 17.6 Å². The van der Waals surface area contributed by atoms with Crippen LogP contribution in [-0.4, -0.2) is 28.2 Å². The van der Waals surface area contributed by atoms with E-state index in [-0.39, 0.29) is 22.2 Å². The van der Waals surface area contributed by atoms with Gasteiger partial charge in [-0.25, -0.2) is 19.3 Å². The zero-order chi connectivity index (χ0) is 16.8. The number of alkyl halides is 3. The Morgan fingerprint density at radius 1 is 1.30 bits per heavy atom. The maximum atomic E-state index is 13.9. The molecule has 23 heavy (non-hydrogen) atoms. The Morgan fingerprint density at radius 3 is 2.61 bits per heavy atom. The lowest BCUT2D eigenvalue weighted by atomic mass is 9.83. The molecule has 2 aromatic rings. The first-order valence-electron chi connectivity index (χ1n) is 6.58. The summed E-state index contributed by atoms with van der Waals surface area (Å²) in [6, 6.07) is 0. The molecule has 2 heterocycles. The largest absolute Gasteiger partial charge is 0.434 e. The lowest BCUT2D eigenvalue weighted by Gasteiger charge is -2.32. The molecule has 0 N–H and O–H groups in total. The number of halogens is 5. The third-order valence-electron chi connectivity index (χ3n) is 3.62. The first-order chi connectivity index (χ1) is 10.8. The normalized spacial score (nSPS) is 21.3. The standard InChI is InChI=1S/C13H10ClF4N3OS/c1-22-6-2-5(3-6)11-21-10(13(16,17)18)9(23-11)8-7(15)4-19-12(14)20-8/h4-6H,2-3H2,1H3. The minimum Gasteiger partial charge on any atom is -0.381 e. The summed E-state index contributed by atoms with van der Waals surface area (Å²) in [6.07, 6.45) is -2.76. The van der Waals surface area contributed by atoms with Crippen LogP contribution in [0.1, 0.15) is 29.5 Å². The van der Waals surface area contributed by atoms with Gasteiger partial charge in [0, 0.05) is 13.0 Å². The van der Waals surface area contributed by atoms with Gasteiger partial charge in [-0.1, -0.05) is 0 Å². The Balaban J connectivity index is 2.05. The van der Waals surface area contributed by atoms with Gasteiger partial charge in [0.2, 0.25) is 5.28 Å². The van der Waals surface area contributed by atoms with Gasteiger partial charge in [0.1, 0.15) is 5.69 Å². The molecule has 0 bridgehead atoms. The van der Waals surface area contributed by atoms with Gasteiger partial charge in [-0.05, 0) is 24.4 Å². The Morgan fingerprint density at radius 2 is 2.00 bits per heavy atom. The molecule has 124 valence electrons. The minimum atomic E-state index is -4.71. The Hall–Kier alpha value is -1.32. The fourth-order valence-electron chi connectivity index (χ4n) is 2.33. The summed E-state index contributed by atoms with van der Waals surface area (Å²) >= 11 is 6.36. The molecule has 3 rings (SSSR count). The van der Waals surface area contributed by atoms with Crippen LogP contribution in [0.25, 0.3) is 10.6 Å². The highest BCUT2D eigenvalue weighted by Gasteiger charge is 2.41. The monoisotopic (exact) mass is 367 g/mol. The van der Waals surface area contributed by atoms with Crippen molar-refractivity contribution in [3.05, 3.63) is 28.0 Å². The molecule has 0 unspecified atom stereocenters. The molecule has 2 aromatic heterocycles. The lowest BCUT2D eigenvalue weighted by Crippen LogP contribution is -2.28. The maximum absolute atomic E-state index is 13.9. The van der Waals surface area contributed by atoms with Crippen molar-refractivity contribution in [2.24, 2.45) is 0 Å². The number of rotatable bonds is 3. The third kappa shape index (κ3) is 3.17. The maximum Gasteiger partial charge on any atom is 0.434 e. The van der Waals surface area contributed by atoms with Crippen LogP contribution in [-0.2, 0) is 10.9 Å². The summed E-state index contributed by atoms with van der Waals surface area (Å²) in [5.74, 6) is -1.10. The van der Waals surface area contributed by atoms with E-state index in [1.165, 1.54) is 0 Å². The van der Waals surface area contributed by atoms with Crippen molar-refractivity contribution in [2.75, 3.05) is 7.11 Å². The van der Waals surface area contributed by atoms with Crippen molar-refractivity contribution in [3.8, 4) is 10.6 Å². The van der Waals surface area contributed by atoms with E-state index >= 15 is 0 Å². The molecule has 1 aliphatic carbocycles. The van der Waals surface area contributed by atoms with E-state index in [0.29, 0.717) is 17.8 Å². The van der Waals surface area contributed by atoms with Crippen molar-refractivity contribution in [2.45, 2.75) is 31.0 Å². The third-order valence-corrected chi connectivity index (χ3v) is 5.03.